The Balaban J connectivity index is 2.74. The molecule has 56 valence electrons. The molecule has 0 bridgehead atoms. The maximum Gasteiger partial charge on any atom is 0.247 e. The second kappa shape index (κ2) is 2.76. The summed E-state index contributed by atoms with van der Waals surface area (Å²) in [7, 11) is 0. The van der Waals surface area contributed by atoms with Gasteiger partial charge in [-0.05, 0) is 0 Å². The van der Waals surface area contributed by atoms with Crippen LogP contribution in [0.5, 0.6) is 0 Å². The molecule has 1 rings (SSSR count). The molecule has 5 heteroatoms. The van der Waals surface area contributed by atoms with Crippen molar-refractivity contribution in [3.8, 4) is 0 Å². The molecule has 1 aromatic rings. The summed E-state index contributed by atoms with van der Waals surface area (Å²) in [5, 5.41) is 24.3. The van der Waals surface area contributed by atoms with E-state index in [0.717, 1.165) is 0 Å². The van der Waals surface area contributed by atoms with E-state index in [0.29, 0.717) is 5.89 Å². The molecule has 1 aromatic heterocycles. The summed E-state index contributed by atoms with van der Waals surface area (Å²) < 4.78 is 4.80. The van der Waals surface area contributed by atoms with Gasteiger partial charge in [0.2, 0.25) is 11.8 Å². The zero-order valence-corrected chi connectivity index (χ0v) is 5.48. The summed E-state index contributed by atoms with van der Waals surface area (Å²) >= 11 is 0. The van der Waals surface area contributed by atoms with Gasteiger partial charge in [-0.25, -0.2) is 0 Å². The highest BCUT2D eigenvalue weighted by molar-refractivity contribution is 4.83. The van der Waals surface area contributed by atoms with Gasteiger partial charge in [-0.15, -0.1) is 10.2 Å². The molecule has 0 saturated heterocycles. The maximum atomic E-state index is 8.90. The number of hydrogen-bond acceptors (Lipinski definition) is 5. The van der Waals surface area contributed by atoms with Crippen LogP contribution in [0.25, 0.3) is 0 Å². The average Bonchev–Trinajstić information content (AvgIpc) is 2.34. The summed E-state index contributed by atoms with van der Waals surface area (Å²) in [4.78, 5) is 0. The average molecular weight is 144 g/mol. The first-order chi connectivity index (χ1) is 4.74. The van der Waals surface area contributed by atoms with E-state index in [2.05, 4.69) is 10.2 Å². The Labute approximate surface area is 57.3 Å². The van der Waals surface area contributed by atoms with E-state index in [4.69, 9.17) is 14.6 Å². The number of aryl methyl sites for hydroxylation is 1. The van der Waals surface area contributed by atoms with E-state index >= 15 is 0 Å². The van der Waals surface area contributed by atoms with Crippen LogP contribution in [0.1, 0.15) is 17.9 Å². The van der Waals surface area contributed by atoms with Crippen LogP contribution in [0.2, 0.25) is 0 Å². The molecule has 5 nitrogen and oxygen atoms in total. The number of aliphatic hydroxyl groups excluding tert-OH is 2. The van der Waals surface area contributed by atoms with Crippen LogP contribution in [0.15, 0.2) is 4.42 Å². The highest BCUT2D eigenvalue weighted by Gasteiger charge is 2.11. The van der Waals surface area contributed by atoms with E-state index in [1.54, 1.807) is 6.92 Å². The number of hydrogen-bond donors (Lipinski definition) is 2. The standard InChI is InChI=1S/C5H8N2O3/c1-3-6-7-5(10-3)4(9)2-8/h4,8-9H,2H2,1H3. The van der Waals surface area contributed by atoms with Crippen molar-refractivity contribution in [3.63, 3.8) is 0 Å². The summed E-state index contributed by atoms with van der Waals surface area (Å²) in [5.41, 5.74) is 0. The molecule has 2 N–H and O–H groups in total. The predicted molar refractivity (Wildman–Crippen MR) is 31.1 cm³/mol. The molecule has 0 aliphatic carbocycles. The van der Waals surface area contributed by atoms with Crippen molar-refractivity contribution in [3.05, 3.63) is 11.8 Å². The number of nitrogens with zero attached hydrogens (tertiary/aromatic N) is 2. The van der Waals surface area contributed by atoms with Gasteiger partial charge in [0.15, 0.2) is 6.10 Å². The third-order valence-corrected chi connectivity index (χ3v) is 1.000. The fourth-order valence-electron chi connectivity index (χ4n) is 0.525. The van der Waals surface area contributed by atoms with E-state index in [1.807, 2.05) is 0 Å². The minimum Gasteiger partial charge on any atom is -0.423 e. The molecule has 10 heavy (non-hydrogen) atoms. The molecular weight excluding hydrogens is 136 g/mol. The lowest BCUT2D eigenvalue weighted by Gasteiger charge is -1.97. The van der Waals surface area contributed by atoms with Crippen molar-refractivity contribution >= 4 is 0 Å². The molecule has 0 aliphatic rings. The lowest BCUT2D eigenvalue weighted by molar-refractivity contribution is 0.0724. The first kappa shape index (κ1) is 7.17. The monoisotopic (exact) mass is 144 g/mol. The quantitative estimate of drug-likeness (QED) is 0.579. The molecule has 0 amide bonds. The smallest absolute Gasteiger partial charge is 0.247 e. The van der Waals surface area contributed by atoms with Crippen LogP contribution in [0.3, 0.4) is 0 Å². The lowest BCUT2D eigenvalue weighted by atomic mass is 10.4. The number of rotatable bonds is 2. The Hall–Kier alpha value is -0.940. The van der Waals surface area contributed by atoms with Gasteiger partial charge in [0.1, 0.15) is 0 Å². The Bertz CT molecular complexity index is 210. The maximum absolute atomic E-state index is 8.90. The van der Waals surface area contributed by atoms with Gasteiger partial charge in [0.05, 0.1) is 6.61 Å². The van der Waals surface area contributed by atoms with Gasteiger partial charge >= 0.3 is 0 Å². The van der Waals surface area contributed by atoms with E-state index < -0.39 is 12.7 Å². The number of aromatic nitrogens is 2. The van der Waals surface area contributed by atoms with E-state index in [9.17, 15) is 0 Å². The molecule has 1 heterocycles. The summed E-state index contributed by atoms with van der Waals surface area (Å²) in [6.45, 7) is 1.21. The third kappa shape index (κ3) is 1.31. The van der Waals surface area contributed by atoms with Crippen LogP contribution in [-0.2, 0) is 0 Å². The second-order valence-electron chi connectivity index (χ2n) is 1.86. The highest BCUT2D eigenvalue weighted by Crippen LogP contribution is 2.08. The van der Waals surface area contributed by atoms with Gasteiger partial charge in [-0.1, -0.05) is 0 Å². The van der Waals surface area contributed by atoms with Gasteiger partial charge in [-0.3, -0.25) is 0 Å². The molecule has 0 aliphatic heterocycles. The van der Waals surface area contributed by atoms with Crippen molar-refractivity contribution in [2.24, 2.45) is 0 Å². The van der Waals surface area contributed by atoms with Gasteiger partial charge in [0.25, 0.3) is 0 Å². The van der Waals surface area contributed by atoms with Gasteiger partial charge in [-0.2, -0.15) is 0 Å². The minimum atomic E-state index is -1.05. The second-order valence-corrected chi connectivity index (χ2v) is 1.86. The zero-order chi connectivity index (χ0) is 7.56. The van der Waals surface area contributed by atoms with Crippen LogP contribution in [0, 0.1) is 6.92 Å². The lowest BCUT2D eigenvalue weighted by Crippen LogP contribution is -2.02. The molecule has 1 unspecified atom stereocenters. The first-order valence-corrected chi connectivity index (χ1v) is 2.83. The Morgan fingerprint density at radius 3 is 2.70 bits per heavy atom. The van der Waals surface area contributed by atoms with Crippen molar-refractivity contribution < 1.29 is 14.6 Å². The first-order valence-electron chi connectivity index (χ1n) is 2.83. The van der Waals surface area contributed by atoms with Crippen molar-refractivity contribution in [1.29, 1.82) is 0 Å². The van der Waals surface area contributed by atoms with Crippen molar-refractivity contribution in [1.82, 2.24) is 10.2 Å². The number of aliphatic hydroxyl groups is 2. The summed E-state index contributed by atoms with van der Waals surface area (Å²) in [6, 6.07) is 0. The zero-order valence-electron chi connectivity index (χ0n) is 5.48. The third-order valence-electron chi connectivity index (χ3n) is 1.000. The van der Waals surface area contributed by atoms with Gasteiger partial charge in [0, 0.05) is 6.92 Å². The van der Waals surface area contributed by atoms with Crippen molar-refractivity contribution in [2.45, 2.75) is 13.0 Å². The van der Waals surface area contributed by atoms with Crippen LogP contribution < -0.4 is 0 Å². The van der Waals surface area contributed by atoms with Crippen LogP contribution in [0.4, 0.5) is 0 Å². The Morgan fingerprint density at radius 1 is 1.60 bits per heavy atom. The fourth-order valence-corrected chi connectivity index (χ4v) is 0.525. The van der Waals surface area contributed by atoms with Crippen LogP contribution >= 0.6 is 0 Å². The van der Waals surface area contributed by atoms with E-state index in [1.165, 1.54) is 0 Å². The molecule has 0 aromatic carbocycles. The molecule has 1 atom stereocenters. The Kier molecular flexibility index (Phi) is 1.98. The van der Waals surface area contributed by atoms with Gasteiger partial charge < -0.3 is 14.6 Å². The van der Waals surface area contributed by atoms with Crippen LogP contribution in [-0.4, -0.2) is 27.0 Å². The summed E-state index contributed by atoms with van der Waals surface area (Å²) in [6.07, 6.45) is -1.05. The summed E-state index contributed by atoms with van der Waals surface area (Å²) in [5.74, 6) is 0.433. The molecule has 0 spiro atoms. The van der Waals surface area contributed by atoms with E-state index in [-0.39, 0.29) is 5.89 Å². The van der Waals surface area contributed by atoms with Crippen molar-refractivity contribution in [2.75, 3.05) is 6.61 Å². The minimum absolute atomic E-state index is 0.0556. The molecular formula is C5H8N2O3. The SMILES string of the molecule is Cc1nnc(C(O)CO)o1. The fraction of sp³-hybridized carbons (Fsp3) is 0.600. The predicted octanol–water partition coefficient (Wildman–Crippen LogP) is -0.596. The highest BCUT2D eigenvalue weighted by atomic mass is 16.4. The molecule has 0 radical (unpaired) electrons. The topological polar surface area (TPSA) is 79.4 Å². The normalized spacial score (nSPS) is 13.5. The Morgan fingerprint density at radius 2 is 2.30 bits per heavy atom. The largest absolute Gasteiger partial charge is 0.423 e. The molecule has 0 fully saturated rings. The molecule has 0 saturated carbocycles.